The number of aromatic nitrogens is 1. The number of Topliss-reactive ketones (excluding diaryl/α,β-unsaturated/α-hetero) is 1. The van der Waals surface area contributed by atoms with E-state index in [4.69, 9.17) is 9.26 Å². The number of benzene rings is 1. The van der Waals surface area contributed by atoms with Crippen molar-refractivity contribution in [3.8, 4) is 5.88 Å². The molecule has 2 aromatic rings. The van der Waals surface area contributed by atoms with Crippen LogP contribution in [0.4, 0.5) is 0 Å². The number of nitrogens with zero attached hydrogens (tertiary/aromatic N) is 1. The van der Waals surface area contributed by atoms with Gasteiger partial charge in [0.25, 0.3) is 5.88 Å². The summed E-state index contributed by atoms with van der Waals surface area (Å²) in [7, 11) is 0. The molecule has 0 bridgehead atoms. The van der Waals surface area contributed by atoms with E-state index in [0.717, 1.165) is 17.6 Å². The molecule has 0 fully saturated rings. The van der Waals surface area contributed by atoms with Gasteiger partial charge in [0, 0.05) is 11.8 Å². The van der Waals surface area contributed by atoms with Crippen LogP contribution < -0.4 is 4.74 Å². The smallest absolute Gasteiger partial charge is 0.265 e. The maximum Gasteiger partial charge on any atom is 0.265 e. The van der Waals surface area contributed by atoms with Gasteiger partial charge in [-0.3, -0.25) is 4.79 Å². The van der Waals surface area contributed by atoms with Gasteiger partial charge in [-0.15, -0.1) is 0 Å². The summed E-state index contributed by atoms with van der Waals surface area (Å²) in [6, 6.07) is 9.86. The second kappa shape index (κ2) is 6.84. The average Bonchev–Trinajstić information content (AvgIpc) is 3.10. The van der Waals surface area contributed by atoms with E-state index in [0.29, 0.717) is 23.8 Å². The zero-order chi connectivity index (χ0) is 19.0. The minimum atomic E-state index is -0.591. The topological polar surface area (TPSA) is 52.3 Å². The molecular weight excluding hydrogens is 338 g/mol. The monoisotopic (exact) mass is 362 g/mol. The molecule has 0 saturated heterocycles. The molecule has 4 heteroatoms. The lowest BCUT2D eigenvalue weighted by atomic mass is 9.56. The fraction of sp³-hybridized carbons (Fsp3) is 0.348. The van der Waals surface area contributed by atoms with Gasteiger partial charge in [-0.2, -0.15) is 13.3 Å². The normalized spacial score (nSPS) is 26.3. The highest BCUT2D eigenvalue weighted by molar-refractivity contribution is 6.06. The van der Waals surface area contributed by atoms with Gasteiger partial charge in [0.15, 0.2) is 11.5 Å². The lowest BCUT2D eigenvalue weighted by Crippen LogP contribution is -2.44. The van der Waals surface area contributed by atoms with Gasteiger partial charge in [-0.25, -0.2) is 0 Å². The maximum atomic E-state index is 13.6. The molecule has 140 valence electrons. The molecule has 0 N–H and O–H groups in total. The number of fused-ring (bicyclic) bond motifs is 2. The highest BCUT2D eigenvalue weighted by Crippen LogP contribution is 2.55. The van der Waals surface area contributed by atoms with Gasteiger partial charge in [0.05, 0.1) is 5.41 Å². The highest BCUT2D eigenvalue weighted by Gasteiger charge is 2.53. The van der Waals surface area contributed by atoms with Crippen molar-refractivity contribution in [1.29, 1.82) is 0 Å². The Morgan fingerprint density at radius 1 is 1.30 bits per heavy atom. The van der Waals surface area contributed by atoms with Crippen LogP contribution in [0.3, 0.4) is 0 Å². The molecule has 0 saturated carbocycles. The third-order valence-corrected chi connectivity index (χ3v) is 6.01. The van der Waals surface area contributed by atoms with Crippen LogP contribution in [0.25, 0.3) is 0 Å². The van der Waals surface area contributed by atoms with E-state index in [2.05, 4.69) is 17.7 Å². The third-order valence-electron chi connectivity index (χ3n) is 6.01. The van der Waals surface area contributed by atoms with Crippen LogP contribution in [0.2, 0.25) is 0 Å². The van der Waals surface area contributed by atoms with Crippen molar-refractivity contribution < 1.29 is 14.1 Å². The van der Waals surface area contributed by atoms with E-state index in [1.54, 1.807) is 0 Å². The van der Waals surface area contributed by atoms with Gasteiger partial charge >= 0.3 is 0 Å². The molecule has 4 nitrogen and oxygen atoms in total. The number of ketones is 1. The highest BCUT2D eigenvalue weighted by atomic mass is 16.5. The Balaban J connectivity index is 1.74. The fourth-order valence-corrected chi connectivity index (χ4v) is 4.32. The number of carbonyl (C=O) groups excluding carboxylic acids is 1. The maximum absolute atomic E-state index is 13.6. The van der Waals surface area contributed by atoms with Crippen LogP contribution >= 0.6 is 0 Å². The minimum Gasteiger partial charge on any atom is -0.470 e. The van der Waals surface area contributed by atoms with E-state index < -0.39 is 5.41 Å². The molecule has 2 aliphatic rings. The molecule has 1 aromatic heterocycles. The summed E-state index contributed by atoms with van der Waals surface area (Å²) in [6.07, 6.45) is 9.16. The Morgan fingerprint density at radius 3 is 2.81 bits per heavy atom. The van der Waals surface area contributed by atoms with Gasteiger partial charge in [-0.05, 0) is 24.6 Å². The molecule has 0 aliphatic heterocycles. The number of hydrogen-bond donors (Lipinski definition) is 0. The lowest BCUT2D eigenvalue weighted by molar-refractivity contribution is 0.0732. The van der Waals surface area contributed by atoms with Gasteiger partial charge in [-0.1, -0.05) is 54.1 Å². The molecule has 2 aliphatic carbocycles. The largest absolute Gasteiger partial charge is 0.470 e. The Labute approximate surface area is 159 Å². The molecule has 3 atom stereocenters. The molecule has 0 radical (unpaired) electrons. The Bertz CT molecular complexity index is 909. The van der Waals surface area contributed by atoms with Crippen LogP contribution in [0.1, 0.15) is 54.8 Å². The van der Waals surface area contributed by atoms with Crippen molar-refractivity contribution in [1.82, 2.24) is 5.16 Å². The minimum absolute atomic E-state index is 0.0391. The Kier molecular flexibility index (Phi) is 4.50. The van der Waals surface area contributed by atoms with Crippen molar-refractivity contribution in [2.45, 2.75) is 39.7 Å². The van der Waals surface area contributed by atoms with Crippen molar-refractivity contribution in [2.24, 2.45) is 11.3 Å². The Morgan fingerprint density at radius 2 is 2.07 bits per heavy atom. The fourth-order valence-electron chi connectivity index (χ4n) is 4.32. The van der Waals surface area contributed by atoms with Crippen LogP contribution in [-0.4, -0.2) is 10.9 Å². The standard InChI is InChI=1S/C23H24NO3/c1-4-9-17-18-13-8-10-15(2)23(18,3)21(25)19-20(17)27-24-22(19)26-14-16-11-6-5-7-12-16/h4-8,10-13,17-18H,9,14H2,1-3H3/q-1. The summed E-state index contributed by atoms with van der Waals surface area (Å²) in [4.78, 5) is 13.6. The van der Waals surface area contributed by atoms with Crippen LogP contribution in [0.5, 0.6) is 5.88 Å². The van der Waals surface area contributed by atoms with E-state index in [9.17, 15) is 4.79 Å². The number of hydrogen-bond acceptors (Lipinski definition) is 4. The number of ether oxygens (including phenoxy) is 1. The van der Waals surface area contributed by atoms with Crippen LogP contribution in [0.15, 0.2) is 58.7 Å². The first-order chi connectivity index (χ1) is 13.1. The average molecular weight is 362 g/mol. The van der Waals surface area contributed by atoms with Crippen LogP contribution in [-0.2, 0) is 6.61 Å². The first-order valence-corrected chi connectivity index (χ1v) is 9.41. The van der Waals surface area contributed by atoms with E-state index >= 15 is 0 Å². The first-order valence-electron chi connectivity index (χ1n) is 9.41. The molecular formula is C23H24NO3-. The molecule has 0 spiro atoms. The SMILES string of the molecule is C[CH-]CC1c2onc(OCc3ccccc3)c2C(=O)C2(C)C(C)=CC=CC12. The van der Waals surface area contributed by atoms with Gasteiger partial charge in [0.2, 0.25) is 0 Å². The third kappa shape index (κ3) is 2.75. The first kappa shape index (κ1) is 17.8. The second-order valence-electron chi connectivity index (χ2n) is 7.54. The van der Waals surface area contributed by atoms with Gasteiger partial charge in [0.1, 0.15) is 12.2 Å². The van der Waals surface area contributed by atoms with E-state index in [1.165, 1.54) is 0 Å². The molecule has 4 rings (SSSR count). The lowest BCUT2D eigenvalue weighted by Gasteiger charge is -2.45. The number of rotatable bonds is 5. The second-order valence-corrected chi connectivity index (χ2v) is 7.54. The van der Waals surface area contributed by atoms with E-state index in [1.807, 2.05) is 63.3 Å². The van der Waals surface area contributed by atoms with Crippen LogP contribution in [0, 0.1) is 17.8 Å². The zero-order valence-corrected chi connectivity index (χ0v) is 15.9. The van der Waals surface area contributed by atoms with Crippen molar-refractivity contribution in [3.05, 3.63) is 77.4 Å². The van der Waals surface area contributed by atoms with Crippen molar-refractivity contribution in [2.75, 3.05) is 0 Å². The predicted molar refractivity (Wildman–Crippen MR) is 103 cm³/mol. The number of carbonyl (C=O) groups is 1. The van der Waals surface area contributed by atoms with Crippen molar-refractivity contribution in [3.63, 3.8) is 0 Å². The summed E-state index contributed by atoms with van der Waals surface area (Å²) >= 11 is 0. The molecule has 3 unspecified atom stereocenters. The summed E-state index contributed by atoms with van der Waals surface area (Å²) in [5.74, 6) is 1.14. The zero-order valence-electron chi connectivity index (χ0n) is 15.9. The molecule has 1 heterocycles. The summed E-state index contributed by atoms with van der Waals surface area (Å²) < 4.78 is 11.6. The molecule has 0 amide bonds. The van der Waals surface area contributed by atoms with E-state index in [-0.39, 0.29) is 17.6 Å². The summed E-state index contributed by atoms with van der Waals surface area (Å²) in [5.41, 5.74) is 2.02. The number of allylic oxidation sites excluding steroid dienone is 4. The Hall–Kier alpha value is -2.62. The predicted octanol–water partition coefficient (Wildman–Crippen LogP) is 5.29. The summed E-state index contributed by atoms with van der Waals surface area (Å²) in [6.45, 7) is 6.46. The molecule has 1 aromatic carbocycles. The molecule has 27 heavy (non-hydrogen) atoms. The summed E-state index contributed by atoms with van der Waals surface area (Å²) in [5, 5.41) is 4.13. The quantitative estimate of drug-likeness (QED) is 0.679. The van der Waals surface area contributed by atoms with Crippen molar-refractivity contribution >= 4 is 5.78 Å². The van der Waals surface area contributed by atoms with Gasteiger partial charge < -0.3 is 15.7 Å².